The summed E-state index contributed by atoms with van der Waals surface area (Å²) in [5.41, 5.74) is 5.23. The van der Waals surface area contributed by atoms with E-state index < -0.39 is 0 Å². The molecule has 0 saturated heterocycles. The lowest BCUT2D eigenvalue weighted by atomic mass is 10.2. The molecule has 15 heavy (non-hydrogen) atoms. The van der Waals surface area contributed by atoms with Crippen LogP contribution in [0.5, 0.6) is 0 Å². The van der Waals surface area contributed by atoms with E-state index in [0.717, 1.165) is 12.8 Å². The number of aromatic amines is 1. The van der Waals surface area contributed by atoms with Gasteiger partial charge in [0.05, 0.1) is 6.33 Å². The fraction of sp³-hybridized carbons (Fsp3) is 0.556. The Morgan fingerprint density at radius 3 is 3.07 bits per heavy atom. The number of rotatable bonds is 5. The summed E-state index contributed by atoms with van der Waals surface area (Å²) in [4.78, 5) is 17.5. The van der Waals surface area contributed by atoms with Crippen LogP contribution in [0.15, 0.2) is 11.1 Å². The first kappa shape index (κ1) is 12.0. The minimum absolute atomic E-state index is 0.0760. The zero-order valence-corrected chi connectivity index (χ0v) is 9.34. The van der Waals surface area contributed by atoms with Crippen LogP contribution >= 0.6 is 11.6 Å². The molecule has 0 fully saturated rings. The van der Waals surface area contributed by atoms with Gasteiger partial charge in [0.25, 0.3) is 5.56 Å². The van der Waals surface area contributed by atoms with Crippen LogP contribution in [-0.4, -0.2) is 22.6 Å². The number of nitrogens with zero attached hydrogens (tertiary/aromatic N) is 1. The lowest BCUT2D eigenvalue weighted by molar-refractivity contribution is 0.645. The largest absolute Gasteiger partial charge is 0.365 e. The van der Waals surface area contributed by atoms with Crippen molar-refractivity contribution in [1.29, 1.82) is 0 Å². The minimum atomic E-state index is -0.346. The predicted octanol–water partition coefficient (Wildman–Crippen LogP) is 0.963. The van der Waals surface area contributed by atoms with Gasteiger partial charge in [0.15, 0.2) is 5.82 Å². The van der Waals surface area contributed by atoms with Crippen molar-refractivity contribution in [2.45, 2.75) is 25.8 Å². The number of nitrogens with two attached hydrogens (primary N) is 1. The summed E-state index contributed by atoms with van der Waals surface area (Å²) in [6, 6.07) is 0.0989. The standard InChI is InChI=1S/C9H15ClN4O/c1-2-3-6(4-11)14-8-7(10)9(15)13-5-12-8/h5-6H,2-4,11H2,1H3,(H2,12,13,14,15). The van der Waals surface area contributed by atoms with Gasteiger partial charge in [0.1, 0.15) is 5.02 Å². The molecule has 1 unspecified atom stereocenters. The van der Waals surface area contributed by atoms with Crippen LogP contribution < -0.4 is 16.6 Å². The summed E-state index contributed by atoms with van der Waals surface area (Å²) in [5.74, 6) is 0.393. The van der Waals surface area contributed by atoms with Gasteiger partial charge in [0.2, 0.25) is 0 Å². The molecule has 0 aliphatic heterocycles. The van der Waals surface area contributed by atoms with E-state index in [1.165, 1.54) is 6.33 Å². The van der Waals surface area contributed by atoms with Crippen molar-refractivity contribution in [3.63, 3.8) is 0 Å². The number of H-pyrrole nitrogens is 1. The molecule has 1 aromatic heterocycles. The molecular weight excluding hydrogens is 216 g/mol. The molecular formula is C9H15ClN4O. The number of hydrogen-bond acceptors (Lipinski definition) is 4. The van der Waals surface area contributed by atoms with Crippen molar-refractivity contribution in [1.82, 2.24) is 9.97 Å². The third-order valence-corrected chi connectivity index (χ3v) is 2.41. The van der Waals surface area contributed by atoms with E-state index in [-0.39, 0.29) is 16.6 Å². The molecule has 0 aliphatic carbocycles. The average Bonchev–Trinajstić information content (AvgIpc) is 2.24. The number of aromatic nitrogens is 2. The normalized spacial score (nSPS) is 12.5. The van der Waals surface area contributed by atoms with Crippen molar-refractivity contribution in [2.75, 3.05) is 11.9 Å². The summed E-state index contributed by atoms with van der Waals surface area (Å²) in [6.45, 7) is 2.55. The SMILES string of the molecule is CCCC(CN)Nc1nc[nH]c(=O)c1Cl. The lowest BCUT2D eigenvalue weighted by Crippen LogP contribution is -2.30. The smallest absolute Gasteiger partial charge is 0.271 e. The van der Waals surface area contributed by atoms with E-state index >= 15 is 0 Å². The first-order valence-corrected chi connectivity index (χ1v) is 5.26. The molecule has 0 aliphatic rings. The molecule has 0 radical (unpaired) electrons. The fourth-order valence-corrected chi connectivity index (χ4v) is 1.43. The molecule has 5 nitrogen and oxygen atoms in total. The van der Waals surface area contributed by atoms with Crippen LogP contribution in [0.2, 0.25) is 5.02 Å². The second-order valence-corrected chi connectivity index (χ2v) is 3.64. The molecule has 6 heteroatoms. The third kappa shape index (κ3) is 3.21. The molecule has 4 N–H and O–H groups in total. The van der Waals surface area contributed by atoms with Gasteiger partial charge in [-0.05, 0) is 6.42 Å². The van der Waals surface area contributed by atoms with E-state index in [4.69, 9.17) is 17.3 Å². The van der Waals surface area contributed by atoms with Crippen molar-refractivity contribution >= 4 is 17.4 Å². The third-order valence-electron chi connectivity index (χ3n) is 2.06. The van der Waals surface area contributed by atoms with E-state index in [2.05, 4.69) is 22.2 Å². The van der Waals surface area contributed by atoms with E-state index in [0.29, 0.717) is 12.4 Å². The molecule has 0 spiro atoms. The van der Waals surface area contributed by atoms with Gasteiger partial charge in [-0.25, -0.2) is 4.98 Å². The molecule has 0 bridgehead atoms. The van der Waals surface area contributed by atoms with Crippen LogP contribution in [-0.2, 0) is 0 Å². The van der Waals surface area contributed by atoms with Crippen LogP contribution in [0.4, 0.5) is 5.82 Å². The second kappa shape index (κ2) is 5.72. The lowest BCUT2D eigenvalue weighted by Gasteiger charge is -2.16. The molecule has 1 aromatic rings. The topological polar surface area (TPSA) is 83.8 Å². The zero-order chi connectivity index (χ0) is 11.3. The van der Waals surface area contributed by atoms with Crippen molar-refractivity contribution in [3.8, 4) is 0 Å². The van der Waals surface area contributed by atoms with E-state index in [9.17, 15) is 4.79 Å². The van der Waals surface area contributed by atoms with Gasteiger partial charge >= 0.3 is 0 Å². The molecule has 0 saturated carbocycles. The number of nitrogens with one attached hydrogen (secondary N) is 2. The molecule has 84 valence electrons. The number of anilines is 1. The monoisotopic (exact) mass is 230 g/mol. The molecule has 1 heterocycles. The van der Waals surface area contributed by atoms with Crippen molar-refractivity contribution < 1.29 is 0 Å². The highest BCUT2D eigenvalue weighted by molar-refractivity contribution is 6.32. The Kier molecular flexibility index (Phi) is 4.58. The van der Waals surface area contributed by atoms with Gasteiger partial charge in [0, 0.05) is 12.6 Å². The maximum atomic E-state index is 11.2. The van der Waals surface area contributed by atoms with Gasteiger partial charge in [-0.1, -0.05) is 24.9 Å². The van der Waals surface area contributed by atoms with Gasteiger partial charge in [-0.15, -0.1) is 0 Å². The highest BCUT2D eigenvalue weighted by atomic mass is 35.5. The van der Waals surface area contributed by atoms with Crippen molar-refractivity contribution in [3.05, 3.63) is 21.7 Å². The van der Waals surface area contributed by atoms with Crippen LogP contribution in [0.1, 0.15) is 19.8 Å². The van der Waals surface area contributed by atoms with E-state index in [1.807, 2.05) is 0 Å². The Morgan fingerprint density at radius 2 is 2.47 bits per heavy atom. The summed E-state index contributed by atoms with van der Waals surface area (Å²) >= 11 is 5.78. The molecule has 1 rings (SSSR count). The van der Waals surface area contributed by atoms with Gasteiger partial charge < -0.3 is 16.0 Å². The highest BCUT2D eigenvalue weighted by Gasteiger charge is 2.10. The van der Waals surface area contributed by atoms with Crippen LogP contribution in [0.25, 0.3) is 0 Å². The van der Waals surface area contributed by atoms with Gasteiger partial charge in [-0.3, -0.25) is 4.79 Å². The Labute approximate surface area is 93.0 Å². The summed E-state index contributed by atoms with van der Waals surface area (Å²) in [6.07, 6.45) is 3.24. The summed E-state index contributed by atoms with van der Waals surface area (Å²) in [5, 5.41) is 3.13. The maximum absolute atomic E-state index is 11.2. The number of halogens is 1. The first-order valence-electron chi connectivity index (χ1n) is 4.88. The fourth-order valence-electron chi connectivity index (χ4n) is 1.27. The quantitative estimate of drug-likeness (QED) is 0.704. The summed E-state index contributed by atoms with van der Waals surface area (Å²) < 4.78 is 0. The Bertz CT molecular complexity index is 365. The predicted molar refractivity (Wildman–Crippen MR) is 61.2 cm³/mol. The van der Waals surface area contributed by atoms with Crippen LogP contribution in [0.3, 0.4) is 0 Å². The van der Waals surface area contributed by atoms with Crippen molar-refractivity contribution in [2.24, 2.45) is 5.73 Å². The number of hydrogen-bond donors (Lipinski definition) is 3. The summed E-state index contributed by atoms with van der Waals surface area (Å²) in [7, 11) is 0. The first-order chi connectivity index (χ1) is 7.19. The van der Waals surface area contributed by atoms with E-state index in [1.54, 1.807) is 0 Å². The Hall–Kier alpha value is -1.07. The minimum Gasteiger partial charge on any atom is -0.365 e. The average molecular weight is 231 g/mol. The van der Waals surface area contributed by atoms with Gasteiger partial charge in [-0.2, -0.15) is 0 Å². The zero-order valence-electron chi connectivity index (χ0n) is 8.59. The second-order valence-electron chi connectivity index (χ2n) is 3.26. The molecule has 0 amide bonds. The maximum Gasteiger partial charge on any atom is 0.271 e. The van der Waals surface area contributed by atoms with Crippen LogP contribution in [0, 0.1) is 0 Å². The Morgan fingerprint density at radius 1 is 1.73 bits per heavy atom. The molecule has 1 atom stereocenters. The Balaban J connectivity index is 2.79. The highest BCUT2D eigenvalue weighted by Crippen LogP contribution is 2.14. The molecule has 0 aromatic carbocycles.